The third kappa shape index (κ3) is 3.79. The molecule has 0 heterocycles. The molecule has 0 bridgehead atoms. The highest BCUT2D eigenvalue weighted by atomic mass is 32.2. The molecular formula is C10H16N2O2S. The summed E-state index contributed by atoms with van der Waals surface area (Å²) in [6.45, 7) is 4.73. The number of rotatable bonds is 4. The van der Waals surface area contributed by atoms with E-state index in [0.717, 1.165) is 24.1 Å². The molecular weight excluding hydrogens is 212 g/mol. The molecule has 0 aliphatic heterocycles. The molecule has 0 atom stereocenters. The summed E-state index contributed by atoms with van der Waals surface area (Å²) in [6.07, 6.45) is 1.14. The van der Waals surface area contributed by atoms with Crippen LogP contribution in [0.3, 0.4) is 0 Å². The molecule has 0 aliphatic rings. The van der Waals surface area contributed by atoms with Crippen LogP contribution in [0.25, 0.3) is 0 Å². The van der Waals surface area contributed by atoms with Crippen molar-refractivity contribution in [3.05, 3.63) is 23.8 Å². The Hall–Kier alpha value is -1.23. The molecule has 0 spiro atoms. The van der Waals surface area contributed by atoms with E-state index in [1.807, 2.05) is 26.0 Å². The standard InChI is InChI=1S/C10H16N2O2S/c1-4-11-9-5-6-10(8(2)7-9)12-15(3,13)14/h5-7,11-12H,4H2,1-3H3. The SMILES string of the molecule is CCNc1ccc(NS(C)(=O)=O)c(C)c1. The Labute approximate surface area is 90.8 Å². The maximum Gasteiger partial charge on any atom is 0.229 e. The highest BCUT2D eigenvalue weighted by Crippen LogP contribution is 2.20. The molecule has 1 aromatic carbocycles. The Bertz CT molecular complexity index is 441. The summed E-state index contributed by atoms with van der Waals surface area (Å²) < 4.78 is 24.5. The number of hydrogen-bond acceptors (Lipinski definition) is 3. The molecule has 0 saturated carbocycles. The lowest BCUT2D eigenvalue weighted by Crippen LogP contribution is -2.10. The van der Waals surface area contributed by atoms with Gasteiger partial charge in [0.15, 0.2) is 0 Å². The Morgan fingerprint density at radius 2 is 2.00 bits per heavy atom. The van der Waals surface area contributed by atoms with E-state index in [9.17, 15) is 8.42 Å². The minimum Gasteiger partial charge on any atom is -0.385 e. The molecule has 0 radical (unpaired) electrons. The van der Waals surface area contributed by atoms with Crippen molar-refractivity contribution in [3.8, 4) is 0 Å². The van der Waals surface area contributed by atoms with E-state index in [-0.39, 0.29) is 0 Å². The molecule has 0 amide bonds. The molecule has 2 N–H and O–H groups in total. The van der Waals surface area contributed by atoms with Crippen LogP contribution in [0.15, 0.2) is 18.2 Å². The van der Waals surface area contributed by atoms with Gasteiger partial charge in [0.25, 0.3) is 0 Å². The molecule has 0 fully saturated rings. The summed E-state index contributed by atoms with van der Waals surface area (Å²) in [7, 11) is -3.20. The highest BCUT2D eigenvalue weighted by molar-refractivity contribution is 7.92. The molecule has 15 heavy (non-hydrogen) atoms. The summed E-state index contributed by atoms with van der Waals surface area (Å²) in [4.78, 5) is 0. The van der Waals surface area contributed by atoms with Crippen LogP contribution in [0.1, 0.15) is 12.5 Å². The van der Waals surface area contributed by atoms with Gasteiger partial charge in [-0.25, -0.2) is 8.42 Å². The zero-order valence-corrected chi connectivity index (χ0v) is 9.98. The van der Waals surface area contributed by atoms with Crippen molar-refractivity contribution >= 4 is 21.4 Å². The van der Waals surface area contributed by atoms with Crippen LogP contribution >= 0.6 is 0 Å². The minimum absolute atomic E-state index is 0.624. The number of hydrogen-bond donors (Lipinski definition) is 2. The Kier molecular flexibility index (Phi) is 3.57. The van der Waals surface area contributed by atoms with Crippen LogP contribution in [0.5, 0.6) is 0 Å². The monoisotopic (exact) mass is 228 g/mol. The molecule has 0 aromatic heterocycles. The van der Waals surface area contributed by atoms with E-state index in [2.05, 4.69) is 10.0 Å². The maximum atomic E-state index is 11.0. The van der Waals surface area contributed by atoms with E-state index in [4.69, 9.17) is 0 Å². The molecule has 0 saturated heterocycles. The Morgan fingerprint density at radius 3 is 2.47 bits per heavy atom. The molecule has 0 aliphatic carbocycles. The normalized spacial score (nSPS) is 11.1. The molecule has 1 rings (SSSR count). The second-order valence-corrected chi connectivity index (χ2v) is 5.18. The van der Waals surface area contributed by atoms with Crippen LogP contribution in [0.4, 0.5) is 11.4 Å². The van der Waals surface area contributed by atoms with E-state index in [0.29, 0.717) is 5.69 Å². The topological polar surface area (TPSA) is 58.2 Å². The van der Waals surface area contributed by atoms with Crippen molar-refractivity contribution < 1.29 is 8.42 Å². The van der Waals surface area contributed by atoms with Gasteiger partial charge in [-0.2, -0.15) is 0 Å². The minimum atomic E-state index is -3.20. The van der Waals surface area contributed by atoms with Gasteiger partial charge in [-0.05, 0) is 37.6 Å². The lowest BCUT2D eigenvalue weighted by atomic mass is 10.2. The number of nitrogens with one attached hydrogen (secondary N) is 2. The van der Waals surface area contributed by atoms with Crippen molar-refractivity contribution in [1.82, 2.24) is 0 Å². The van der Waals surface area contributed by atoms with Gasteiger partial charge in [-0.3, -0.25) is 4.72 Å². The third-order valence-corrected chi connectivity index (χ3v) is 2.49. The first-order valence-electron chi connectivity index (χ1n) is 4.74. The predicted octanol–water partition coefficient (Wildman–Crippen LogP) is 1.80. The van der Waals surface area contributed by atoms with Crippen LogP contribution in [-0.2, 0) is 10.0 Å². The van der Waals surface area contributed by atoms with E-state index >= 15 is 0 Å². The van der Waals surface area contributed by atoms with Crippen molar-refractivity contribution in [1.29, 1.82) is 0 Å². The third-order valence-electron chi connectivity index (χ3n) is 1.90. The number of sulfonamides is 1. The number of aryl methyl sites for hydroxylation is 1. The maximum absolute atomic E-state index is 11.0. The summed E-state index contributed by atoms with van der Waals surface area (Å²) in [5, 5.41) is 3.16. The summed E-state index contributed by atoms with van der Waals surface area (Å²) in [5.41, 5.74) is 2.52. The van der Waals surface area contributed by atoms with Gasteiger partial charge in [0.05, 0.1) is 11.9 Å². The largest absolute Gasteiger partial charge is 0.385 e. The van der Waals surface area contributed by atoms with E-state index < -0.39 is 10.0 Å². The molecule has 84 valence electrons. The zero-order chi connectivity index (χ0) is 11.5. The summed E-state index contributed by atoms with van der Waals surface area (Å²) in [6, 6.07) is 5.52. The van der Waals surface area contributed by atoms with Gasteiger partial charge in [-0.1, -0.05) is 0 Å². The average molecular weight is 228 g/mol. The highest BCUT2D eigenvalue weighted by Gasteiger charge is 2.04. The van der Waals surface area contributed by atoms with Gasteiger partial charge >= 0.3 is 0 Å². The Balaban J connectivity index is 2.93. The zero-order valence-electron chi connectivity index (χ0n) is 9.16. The van der Waals surface area contributed by atoms with Crippen molar-refractivity contribution in [2.24, 2.45) is 0 Å². The van der Waals surface area contributed by atoms with Crippen LogP contribution in [0, 0.1) is 6.92 Å². The first-order chi connectivity index (χ1) is 6.92. The first kappa shape index (κ1) is 11.8. The van der Waals surface area contributed by atoms with Crippen LogP contribution < -0.4 is 10.0 Å². The van der Waals surface area contributed by atoms with Crippen molar-refractivity contribution in [2.45, 2.75) is 13.8 Å². The lowest BCUT2D eigenvalue weighted by molar-refractivity contribution is 0.607. The van der Waals surface area contributed by atoms with Gasteiger partial charge in [0, 0.05) is 12.2 Å². The average Bonchev–Trinajstić information content (AvgIpc) is 2.08. The fourth-order valence-electron chi connectivity index (χ4n) is 1.29. The van der Waals surface area contributed by atoms with Gasteiger partial charge < -0.3 is 5.32 Å². The van der Waals surface area contributed by atoms with E-state index in [1.165, 1.54) is 0 Å². The van der Waals surface area contributed by atoms with E-state index in [1.54, 1.807) is 6.07 Å². The van der Waals surface area contributed by atoms with Gasteiger partial charge in [0.2, 0.25) is 10.0 Å². The fraction of sp³-hybridized carbons (Fsp3) is 0.400. The summed E-state index contributed by atoms with van der Waals surface area (Å²) >= 11 is 0. The second-order valence-electron chi connectivity index (χ2n) is 3.43. The summed E-state index contributed by atoms with van der Waals surface area (Å²) in [5.74, 6) is 0. The van der Waals surface area contributed by atoms with Crippen LogP contribution in [-0.4, -0.2) is 21.2 Å². The van der Waals surface area contributed by atoms with Gasteiger partial charge in [-0.15, -0.1) is 0 Å². The van der Waals surface area contributed by atoms with Crippen molar-refractivity contribution in [2.75, 3.05) is 22.8 Å². The number of benzene rings is 1. The number of anilines is 2. The molecule has 1 aromatic rings. The lowest BCUT2D eigenvalue weighted by Gasteiger charge is -2.10. The smallest absolute Gasteiger partial charge is 0.229 e. The Morgan fingerprint density at radius 1 is 1.33 bits per heavy atom. The first-order valence-corrected chi connectivity index (χ1v) is 6.64. The quantitative estimate of drug-likeness (QED) is 0.826. The van der Waals surface area contributed by atoms with Crippen molar-refractivity contribution in [3.63, 3.8) is 0 Å². The predicted molar refractivity (Wildman–Crippen MR) is 63.8 cm³/mol. The molecule has 5 heteroatoms. The molecule has 4 nitrogen and oxygen atoms in total. The fourth-order valence-corrected chi connectivity index (χ4v) is 1.92. The second kappa shape index (κ2) is 4.53. The van der Waals surface area contributed by atoms with Crippen LogP contribution in [0.2, 0.25) is 0 Å². The van der Waals surface area contributed by atoms with Gasteiger partial charge in [0.1, 0.15) is 0 Å². The molecule has 0 unspecified atom stereocenters.